The average Bonchev–Trinajstić information content (AvgIpc) is 2.87. The van der Waals surface area contributed by atoms with Crippen LogP contribution in [0.3, 0.4) is 0 Å². The van der Waals surface area contributed by atoms with E-state index in [4.69, 9.17) is 16.3 Å². The molecule has 36 heavy (non-hydrogen) atoms. The molecule has 0 saturated heterocycles. The molecule has 0 radical (unpaired) electrons. The zero-order valence-electron chi connectivity index (χ0n) is 20.8. The van der Waals surface area contributed by atoms with E-state index in [1.54, 1.807) is 23.1 Å². The molecule has 2 amide bonds. The first-order valence-electron chi connectivity index (χ1n) is 12.0. The Hall–Kier alpha value is -2.83. The second kappa shape index (κ2) is 13.5. The number of halogens is 2. The molecule has 3 aromatic rings. The van der Waals surface area contributed by atoms with Crippen LogP contribution in [0.2, 0.25) is 5.02 Å². The van der Waals surface area contributed by atoms with Crippen LogP contribution in [0.4, 0.5) is 0 Å². The van der Waals surface area contributed by atoms with E-state index in [-0.39, 0.29) is 25.0 Å². The van der Waals surface area contributed by atoms with Gasteiger partial charge in [0.1, 0.15) is 11.8 Å². The molecule has 7 heteroatoms. The Morgan fingerprint density at radius 1 is 1.00 bits per heavy atom. The third-order valence-electron chi connectivity index (χ3n) is 5.71. The van der Waals surface area contributed by atoms with Crippen molar-refractivity contribution in [3.05, 3.63) is 99.0 Å². The maximum absolute atomic E-state index is 13.6. The van der Waals surface area contributed by atoms with Crippen LogP contribution >= 0.6 is 27.5 Å². The highest BCUT2D eigenvalue weighted by atomic mass is 79.9. The average molecular weight is 572 g/mol. The summed E-state index contributed by atoms with van der Waals surface area (Å²) in [4.78, 5) is 28.6. The summed E-state index contributed by atoms with van der Waals surface area (Å²) in [6.07, 6.45) is 0.396. The number of hydrogen-bond donors (Lipinski definition) is 1. The fourth-order valence-corrected chi connectivity index (χ4v) is 4.08. The van der Waals surface area contributed by atoms with Crippen molar-refractivity contribution in [1.82, 2.24) is 10.2 Å². The predicted octanol–water partition coefficient (Wildman–Crippen LogP) is 6.20. The largest absolute Gasteiger partial charge is 0.484 e. The molecule has 190 valence electrons. The topological polar surface area (TPSA) is 58.6 Å². The zero-order valence-corrected chi connectivity index (χ0v) is 23.2. The van der Waals surface area contributed by atoms with Crippen molar-refractivity contribution in [2.75, 3.05) is 13.2 Å². The highest BCUT2D eigenvalue weighted by molar-refractivity contribution is 9.10. The summed E-state index contributed by atoms with van der Waals surface area (Å²) in [6, 6.07) is 22.1. The van der Waals surface area contributed by atoms with Crippen molar-refractivity contribution < 1.29 is 14.3 Å². The number of rotatable bonds is 11. The normalized spacial score (nSPS) is 11.7. The van der Waals surface area contributed by atoms with Crippen molar-refractivity contribution in [2.24, 2.45) is 5.92 Å². The van der Waals surface area contributed by atoms with Gasteiger partial charge in [-0.05, 0) is 59.9 Å². The Balaban J connectivity index is 1.89. The van der Waals surface area contributed by atoms with E-state index in [1.807, 2.05) is 75.4 Å². The molecule has 0 aliphatic heterocycles. The molecular weight excluding hydrogens is 540 g/mol. The van der Waals surface area contributed by atoms with Crippen molar-refractivity contribution in [3.8, 4) is 5.75 Å². The minimum absolute atomic E-state index is 0.180. The molecule has 0 saturated carbocycles. The Kier molecular flexibility index (Phi) is 10.4. The SMILES string of the molecule is Cc1cc(OCC(=O)N(Cc2ccc(Br)cc2)[C@H](Cc2ccccc2)C(=O)NCC(C)C)ccc1Cl. The lowest BCUT2D eigenvalue weighted by atomic mass is 10.0. The first-order valence-corrected chi connectivity index (χ1v) is 13.1. The third-order valence-corrected chi connectivity index (χ3v) is 6.67. The van der Waals surface area contributed by atoms with Crippen LogP contribution in [0, 0.1) is 12.8 Å². The van der Waals surface area contributed by atoms with Crippen LogP contribution in [0.15, 0.2) is 77.3 Å². The lowest BCUT2D eigenvalue weighted by molar-refractivity contribution is -0.142. The molecule has 0 bridgehead atoms. The van der Waals surface area contributed by atoms with E-state index in [0.29, 0.717) is 29.7 Å². The molecule has 0 fully saturated rings. The van der Waals surface area contributed by atoms with Gasteiger partial charge in [-0.25, -0.2) is 0 Å². The summed E-state index contributed by atoms with van der Waals surface area (Å²) in [7, 11) is 0. The number of carbonyl (C=O) groups excluding carboxylic acids is 2. The van der Waals surface area contributed by atoms with Crippen LogP contribution in [-0.4, -0.2) is 35.9 Å². The van der Waals surface area contributed by atoms with Gasteiger partial charge in [0.25, 0.3) is 5.91 Å². The molecule has 5 nitrogen and oxygen atoms in total. The highest BCUT2D eigenvalue weighted by Gasteiger charge is 2.30. The number of carbonyl (C=O) groups is 2. The summed E-state index contributed by atoms with van der Waals surface area (Å²) < 4.78 is 6.78. The molecule has 0 aromatic heterocycles. The Bertz CT molecular complexity index is 1150. The minimum atomic E-state index is -0.696. The summed E-state index contributed by atoms with van der Waals surface area (Å²) >= 11 is 9.58. The molecule has 0 aliphatic rings. The van der Waals surface area contributed by atoms with Crippen LogP contribution in [0.25, 0.3) is 0 Å². The van der Waals surface area contributed by atoms with E-state index in [1.165, 1.54) is 0 Å². The molecular formula is C29H32BrClN2O3. The van der Waals surface area contributed by atoms with Crippen molar-refractivity contribution in [2.45, 2.75) is 39.8 Å². The van der Waals surface area contributed by atoms with Gasteiger partial charge in [0.05, 0.1) is 0 Å². The van der Waals surface area contributed by atoms with Gasteiger partial charge in [0.15, 0.2) is 6.61 Å². The van der Waals surface area contributed by atoms with Crippen LogP contribution in [0.5, 0.6) is 5.75 Å². The van der Waals surface area contributed by atoms with Gasteiger partial charge in [-0.1, -0.05) is 83.8 Å². The maximum atomic E-state index is 13.6. The van der Waals surface area contributed by atoms with Crippen LogP contribution in [-0.2, 0) is 22.6 Å². The summed E-state index contributed by atoms with van der Waals surface area (Å²) in [5, 5.41) is 3.66. The van der Waals surface area contributed by atoms with E-state index in [9.17, 15) is 9.59 Å². The Morgan fingerprint density at radius 2 is 1.69 bits per heavy atom. The van der Waals surface area contributed by atoms with Gasteiger partial charge in [0, 0.05) is 29.0 Å². The quantitative estimate of drug-likeness (QED) is 0.298. The van der Waals surface area contributed by atoms with E-state index in [2.05, 4.69) is 21.2 Å². The molecule has 1 atom stereocenters. The number of hydrogen-bond acceptors (Lipinski definition) is 3. The zero-order chi connectivity index (χ0) is 26.1. The molecule has 0 unspecified atom stereocenters. The highest BCUT2D eigenvalue weighted by Crippen LogP contribution is 2.22. The summed E-state index contributed by atoms with van der Waals surface area (Å²) in [5.74, 6) is 0.391. The van der Waals surface area contributed by atoms with E-state index in [0.717, 1.165) is 21.2 Å². The molecule has 1 N–H and O–H groups in total. The van der Waals surface area contributed by atoms with Gasteiger partial charge < -0.3 is 15.0 Å². The Morgan fingerprint density at radius 3 is 2.33 bits per heavy atom. The number of aryl methyl sites for hydroxylation is 1. The van der Waals surface area contributed by atoms with Crippen molar-refractivity contribution in [1.29, 1.82) is 0 Å². The molecule has 3 rings (SSSR count). The molecule has 0 aliphatic carbocycles. The smallest absolute Gasteiger partial charge is 0.261 e. The van der Waals surface area contributed by atoms with Gasteiger partial charge in [-0.15, -0.1) is 0 Å². The monoisotopic (exact) mass is 570 g/mol. The van der Waals surface area contributed by atoms with Gasteiger partial charge in [0.2, 0.25) is 5.91 Å². The minimum Gasteiger partial charge on any atom is -0.484 e. The van der Waals surface area contributed by atoms with E-state index < -0.39 is 6.04 Å². The molecule has 0 spiro atoms. The third kappa shape index (κ3) is 8.38. The number of benzene rings is 3. The summed E-state index contributed by atoms with van der Waals surface area (Å²) in [5.41, 5.74) is 2.76. The summed E-state index contributed by atoms with van der Waals surface area (Å²) in [6.45, 7) is 6.58. The second-order valence-electron chi connectivity index (χ2n) is 9.19. The van der Waals surface area contributed by atoms with Crippen molar-refractivity contribution >= 4 is 39.3 Å². The first kappa shape index (κ1) is 27.8. The fraction of sp³-hybridized carbons (Fsp3) is 0.310. The van der Waals surface area contributed by atoms with Gasteiger partial charge in [-0.2, -0.15) is 0 Å². The number of nitrogens with one attached hydrogen (secondary N) is 1. The predicted molar refractivity (Wildman–Crippen MR) is 148 cm³/mol. The van der Waals surface area contributed by atoms with Crippen molar-refractivity contribution in [3.63, 3.8) is 0 Å². The second-order valence-corrected chi connectivity index (χ2v) is 10.5. The fourth-order valence-electron chi connectivity index (χ4n) is 3.70. The van der Waals surface area contributed by atoms with Crippen LogP contribution in [0.1, 0.15) is 30.5 Å². The lowest BCUT2D eigenvalue weighted by Gasteiger charge is -2.31. The van der Waals surface area contributed by atoms with Crippen LogP contribution < -0.4 is 10.1 Å². The lowest BCUT2D eigenvalue weighted by Crippen LogP contribution is -2.52. The maximum Gasteiger partial charge on any atom is 0.261 e. The van der Waals surface area contributed by atoms with E-state index >= 15 is 0 Å². The molecule has 0 heterocycles. The standard InChI is InChI=1S/C29H32BrClN2O3/c1-20(2)17-32-29(35)27(16-22-7-5-4-6-8-22)33(18-23-9-11-24(30)12-10-23)28(34)19-36-25-13-14-26(31)21(3)15-25/h4-15,20,27H,16-19H2,1-3H3,(H,32,35)/t27-/m1/s1. The number of amides is 2. The Labute approximate surface area is 226 Å². The first-order chi connectivity index (χ1) is 17.2. The van der Waals surface area contributed by atoms with Gasteiger partial charge in [-0.3, -0.25) is 9.59 Å². The van der Waals surface area contributed by atoms with Gasteiger partial charge >= 0.3 is 0 Å². The number of ether oxygens (including phenoxy) is 1. The molecule has 3 aromatic carbocycles. The number of nitrogens with zero attached hydrogens (tertiary/aromatic N) is 1.